The van der Waals surface area contributed by atoms with Gasteiger partial charge in [-0.05, 0) is 43.7 Å². The lowest BCUT2D eigenvalue weighted by atomic mass is 10.4. The first-order valence-electron chi connectivity index (χ1n) is 8.52. The molecule has 0 aromatic carbocycles. The SMILES string of the molecule is CC.CC.Cc1cc2ncccn2c1.Cc1cn2ccccc2n1. The summed E-state index contributed by atoms with van der Waals surface area (Å²) in [6.07, 6.45) is 9.86. The highest BCUT2D eigenvalue weighted by Crippen LogP contribution is 2.04. The fourth-order valence-corrected chi connectivity index (χ4v) is 2.14. The third kappa shape index (κ3) is 5.23. The van der Waals surface area contributed by atoms with Crippen molar-refractivity contribution in [3.8, 4) is 0 Å². The number of nitrogens with zero attached hydrogens (tertiary/aromatic N) is 4. The summed E-state index contributed by atoms with van der Waals surface area (Å²) >= 11 is 0. The fourth-order valence-electron chi connectivity index (χ4n) is 2.14. The molecule has 0 bridgehead atoms. The summed E-state index contributed by atoms with van der Waals surface area (Å²) in [5.41, 5.74) is 4.34. The highest BCUT2D eigenvalue weighted by atomic mass is 15.0. The number of hydrogen-bond acceptors (Lipinski definition) is 2. The quantitative estimate of drug-likeness (QED) is 0.438. The summed E-state index contributed by atoms with van der Waals surface area (Å²) in [5, 5.41) is 0. The number of pyridine rings is 1. The van der Waals surface area contributed by atoms with Crippen LogP contribution in [-0.4, -0.2) is 18.8 Å². The van der Waals surface area contributed by atoms with Gasteiger partial charge < -0.3 is 8.80 Å². The molecule has 0 aliphatic carbocycles. The Bertz CT molecular complexity index is 705. The Labute approximate surface area is 144 Å². The smallest absolute Gasteiger partial charge is 0.136 e. The van der Waals surface area contributed by atoms with Gasteiger partial charge in [0.1, 0.15) is 11.3 Å². The van der Waals surface area contributed by atoms with E-state index in [0.717, 1.165) is 17.0 Å². The van der Waals surface area contributed by atoms with Crippen LogP contribution in [0.15, 0.2) is 61.3 Å². The zero-order valence-electron chi connectivity index (χ0n) is 15.6. The largest absolute Gasteiger partial charge is 0.308 e. The van der Waals surface area contributed by atoms with Crippen LogP contribution in [0.2, 0.25) is 0 Å². The number of hydrogen-bond donors (Lipinski definition) is 0. The molecule has 4 nitrogen and oxygen atoms in total. The third-order valence-electron chi connectivity index (χ3n) is 2.99. The Morgan fingerprint density at radius 3 is 2.12 bits per heavy atom. The van der Waals surface area contributed by atoms with Gasteiger partial charge in [0.2, 0.25) is 0 Å². The van der Waals surface area contributed by atoms with Crippen LogP contribution in [0.25, 0.3) is 11.3 Å². The van der Waals surface area contributed by atoms with E-state index in [9.17, 15) is 0 Å². The molecule has 4 aromatic heterocycles. The predicted octanol–water partition coefficient (Wildman–Crippen LogP) is 5.34. The molecular formula is C20H28N4. The number of imidazole rings is 1. The molecule has 0 unspecified atom stereocenters. The summed E-state index contributed by atoms with van der Waals surface area (Å²) in [6, 6.07) is 9.95. The summed E-state index contributed by atoms with van der Waals surface area (Å²) in [5.74, 6) is 0. The Kier molecular flexibility index (Phi) is 8.26. The summed E-state index contributed by atoms with van der Waals surface area (Å²) in [7, 11) is 0. The molecule has 0 saturated heterocycles. The minimum atomic E-state index is 1.01. The average molecular weight is 324 g/mol. The minimum absolute atomic E-state index is 1.01. The van der Waals surface area contributed by atoms with Gasteiger partial charge in [-0.3, -0.25) is 0 Å². The van der Waals surface area contributed by atoms with Crippen molar-refractivity contribution in [2.24, 2.45) is 0 Å². The van der Waals surface area contributed by atoms with E-state index < -0.39 is 0 Å². The Morgan fingerprint density at radius 2 is 1.46 bits per heavy atom. The lowest BCUT2D eigenvalue weighted by Gasteiger charge is -1.87. The van der Waals surface area contributed by atoms with Crippen molar-refractivity contribution in [1.82, 2.24) is 18.8 Å². The molecule has 24 heavy (non-hydrogen) atoms. The maximum Gasteiger partial charge on any atom is 0.136 e. The van der Waals surface area contributed by atoms with Crippen molar-refractivity contribution in [1.29, 1.82) is 0 Å². The van der Waals surface area contributed by atoms with Crippen LogP contribution in [0.5, 0.6) is 0 Å². The van der Waals surface area contributed by atoms with E-state index in [4.69, 9.17) is 0 Å². The van der Waals surface area contributed by atoms with Gasteiger partial charge in [-0.15, -0.1) is 0 Å². The van der Waals surface area contributed by atoms with Crippen molar-refractivity contribution in [2.75, 3.05) is 0 Å². The zero-order valence-corrected chi connectivity index (χ0v) is 15.6. The highest BCUT2D eigenvalue weighted by molar-refractivity contribution is 5.41. The molecule has 0 radical (unpaired) electrons. The molecule has 0 spiro atoms. The van der Waals surface area contributed by atoms with Crippen LogP contribution in [0, 0.1) is 13.8 Å². The molecule has 4 aromatic rings. The average Bonchev–Trinajstić information content (AvgIpc) is 3.19. The third-order valence-corrected chi connectivity index (χ3v) is 2.99. The van der Waals surface area contributed by atoms with Gasteiger partial charge in [0, 0.05) is 31.0 Å². The van der Waals surface area contributed by atoms with Crippen molar-refractivity contribution < 1.29 is 0 Å². The highest BCUT2D eigenvalue weighted by Gasteiger charge is 1.92. The molecule has 128 valence electrons. The van der Waals surface area contributed by atoms with Crippen LogP contribution in [0.1, 0.15) is 39.0 Å². The molecule has 0 amide bonds. The summed E-state index contributed by atoms with van der Waals surface area (Å²) in [6.45, 7) is 12.1. The first kappa shape index (κ1) is 19.4. The molecule has 0 atom stereocenters. The van der Waals surface area contributed by atoms with Crippen LogP contribution in [0.3, 0.4) is 0 Å². The van der Waals surface area contributed by atoms with E-state index in [0.29, 0.717) is 0 Å². The number of rotatable bonds is 0. The first-order valence-corrected chi connectivity index (χ1v) is 8.52. The van der Waals surface area contributed by atoms with Gasteiger partial charge in [-0.2, -0.15) is 0 Å². The number of aryl methyl sites for hydroxylation is 2. The van der Waals surface area contributed by atoms with E-state index in [1.165, 1.54) is 5.56 Å². The molecule has 4 heteroatoms. The Morgan fingerprint density at radius 1 is 0.792 bits per heavy atom. The van der Waals surface area contributed by atoms with Crippen LogP contribution in [0.4, 0.5) is 0 Å². The minimum Gasteiger partial charge on any atom is -0.308 e. The summed E-state index contributed by atoms with van der Waals surface area (Å²) in [4.78, 5) is 8.44. The molecule has 4 heterocycles. The van der Waals surface area contributed by atoms with E-state index in [2.05, 4.69) is 29.2 Å². The van der Waals surface area contributed by atoms with E-state index in [-0.39, 0.29) is 0 Å². The molecule has 4 rings (SSSR count). The maximum atomic E-state index is 4.28. The van der Waals surface area contributed by atoms with Gasteiger partial charge >= 0.3 is 0 Å². The number of aromatic nitrogens is 4. The van der Waals surface area contributed by atoms with Crippen LogP contribution < -0.4 is 0 Å². The predicted molar refractivity (Wildman–Crippen MR) is 103 cm³/mol. The normalized spacial score (nSPS) is 9.25. The lowest BCUT2D eigenvalue weighted by molar-refractivity contribution is 1.13. The molecule has 0 aliphatic rings. The lowest BCUT2D eigenvalue weighted by Crippen LogP contribution is -1.80. The monoisotopic (exact) mass is 324 g/mol. The molecule has 0 saturated carbocycles. The number of fused-ring (bicyclic) bond motifs is 2. The Hall–Kier alpha value is -2.62. The van der Waals surface area contributed by atoms with E-state index in [1.54, 1.807) is 6.20 Å². The standard InChI is InChI=1S/2C8H8N2.2C2H6/c1-7-5-8-9-3-2-4-10(8)6-7;1-7-6-10-5-3-2-4-8(10)9-7;2*1-2/h2*2-6H,1H3;2*1-2H3. The van der Waals surface area contributed by atoms with Crippen LogP contribution >= 0.6 is 0 Å². The fraction of sp³-hybridized carbons (Fsp3) is 0.300. The topological polar surface area (TPSA) is 34.6 Å². The van der Waals surface area contributed by atoms with Gasteiger partial charge in [-0.25, -0.2) is 9.97 Å². The van der Waals surface area contributed by atoms with Crippen molar-refractivity contribution in [3.05, 3.63) is 72.6 Å². The van der Waals surface area contributed by atoms with Gasteiger partial charge in [0.15, 0.2) is 0 Å². The van der Waals surface area contributed by atoms with Crippen molar-refractivity contribution in [3.63, 3.8) is 0 Å². The molecule has 0 aliphatic heterocycles. The van der Waals surface area contributed by atoms with E-state index in [1.807, 2.05) is 86.3 Å². The zero-order chi connectivity index (χ0) is 17.9. The van der Waals surface area contributed by atoms with Gasteiger partial charge in [-0.1, -0.05) is 33.8 Å². The second-order valence-corrected chi connectivity index (χ2v) is 4.75. The Balaban J connectivity index is 0.000000199. The first-order chi connectivity index (χ1) is 11.7. The maximum absolute atomic E-state index is 4.28. The van der Waals surface area contributed by atoms with Gasteiger partial charge in [0.05, 0.1) is 5.69 Å². The van der Waals surface area contributed by atoms with Crippen molar-refractivity contribution >= 4 is 11.3 Å². The van der Waals surface area contributed by atoms with Crippen molar-refractivity contribution in [2.45, 2.75) is 41.5 Å². The van der Waals surface area contributed by atoms with E-state index >= 15 is 0 Å². The summed E-state index contributed by atoms with van der Waals surface area (Å²) < 4.78 is 4.02. The molecular weight excluding hydrogens is 296 g/mol. The van der Waals surface area contributed by atoms with Crippen LogP contribution in [-0.2, 0) is 0 Å². The second kappa shape index (κ2) is 10.2. The molecule has 0 fully saturated rings. The molecule has 0 N–H and O–H groups in total. The van der Waals surface area contributed by atoms with Gasteiger partial charge in [0.25, 0.3) is 0 Å². The second-order valence-electron chi connectivity index (χ2n) is 4.75.